The highest BCUT2D eigenvalue weighted by molar-refractivity contribution is 6.07. The van der Waals surface area contributed by atoms with Gasteiger partial charge in [-0.1, -0.05) is 0 Å². The summed E-state index contributed by atoms with van der Waals surface area (Å²) in [5.74, 6) is -0.722. The molecule has 0 spiro atoms. The van der Waals surface area contributed by atoms with E-state index in [0.717, 1.165) is 0 Å². The lowest BCUT2D eigenvalue weighted by molar-refractivity contribution is -0.384. The Morgan fingerprint density at radius 2 is 1.38 bits per heavy atom. The summed E-state index contributed by atoms with van der Waals surface area (Å²) in [7, 11) is 8.25. The Kier molecular flexibility index (Phi) is 10.5. The molecule has 0 bridgehead atoms. The first-order valence-electron chi connectivity index (χ1n) is 11.9. The van der Waals surface area contributed by atoms with Crippen molar-refractivity contribution < 1.29 is 19.3 Å². The maximum absolute atomic E-state index is 12.9. The topological polar surface area (TPSA) is 182 Å². The number of carbonyl (C=O) groups excluding carboxylic acids is 3. The monoisotopic (exact) mass is 576 g/mol. The molecule has 3 aromatic rings. The Morgan fingerprint density at radius 1 is 0.900 bits per heavy atom. The van der Waals surface area contributed by atoms with Crippen LogP contribution < -0.4 is 26.6 Å². The summed E-state index contributed by atoms with van der Waals surface area (Å²) in [5, 5.41) is 25.3. The lowest BCUT2D eigenvalue weighted by Crippen LogP contribution is -2.46. The third-order valence-corrected chi connectivity index (χ3v) is 5.84. The number of guanidine groups is 1. The Labute approximate surface area is 236 Å². The average Bonchev–Trinajstić information content (AvgIpc) is 3.56. The highest BCUT2D eigenvalue weighted by Gasteiger charge is 2.20. The molecular weight excluding hydrogens is 544 g/mol. The molecule has 15 nitrogen and oxygen atoms in total. The number of rotatable bonds is 9. The number of aromatic nitrogens is 3. The zero-order valence-electron chi connectivity index (χ0n) is 22.9. The zero-order valence-corrected chi connectivity index (χ0v) is 23.8. The van der Waals surface area contributed by atoms with Gasteiger partial charge in [0.15, 0.2) is 5.96 Å². The van der Waals surface area contributed by atoms with Gasteiger partial charge in [-0.05, 0) is 19.1 Å². The van der Waals surface area contributed by atoms with Crippen LogP contribution >= 0.6 is 12.4 Å². The summed E-state index contributed by atoms with van der Waals surface area (Å²) in [6.45, 7) is 2.25. The third kappa shape index (κ3) is 7.41. The number of aryl methyl sites for hydroxylation is 3. The molecule has 216 valence electrons. The minimum atomic E-state index is -0.583. The fourth-order valence-electron chi connectivity index (χ4n) is 3.85. The molecule has 0 saturated heterocycles. The van der Waals surface area contributed by atoms with Crippen molar-refractivity contribution in [1.82, 2.24) is 29.7 Å². The van der Waals surface area contributed by atoms with E-state index in [2.05, 4.69) is 31.6 Å². The lowest BCUT2D eigenvalue weighted by atomic mass is 10.3. The van der Waals surface area contributed by atoms with Crippen LogP contribution in [0.2, 0.25) is 0 Å². The van der Waals surface area contributed by atoms with E-state index in [9.17, 15) is 24.5 Å². The molecule has 0 aliphatic heterocycles. The quantitative estimate of drug-likeness (QED) is 0.110. The zero-order chi connectivity index (χ0) is 28.9. The van der Waals surface area contributed by atoms with Crippen LogP contribution in [0.3, 0.4) is 0 Å². The van der Waals surface area contributed by atoms with Crippen LogP contribution in [-0.2, 0) is 21.1 Å². The van der Waals surface area contributed by atoms with E-state index in [-0.39, 0.29) is 41.4 Å². The molecule has 3 rings (SSSR count). The van der Waals surface area contributed by atoms with Gasteiger partial charge < -0.3 is 40.3 Å². The van der Waals surface area contributed by atoms with Crippen LogP contribution in [-0.4, -0.2) is 69.0 Å². The second-order valence-electron chi connectivity index (χ2n) is 8.89. The second-order valence-corrected chi connectivity index (χ2v) is 8.89. The number of nitrogens with zero attached hydrogens (tertiary/aromatic N) is 5. The van der Waals surface area contributed by atoms with Gasteiger partial charge in [0.2, 0.25) is 0 Å². The van der Waals surface area contributed by atoms with Crippen LogP contribution in [0, 0.1) is 10.1 Å². The molecule has 5 N–H and O–H groups in total. The molecule has 16 heteroatoms. The van der Waals surface area contributed by atoms with Gasteiger partial charge >= 0.3 is 0 Å². The summed E-state index contributed by atoms with van der Waals surface area (Å²) in [5.41, 5.74) is 1.24. The van der Waals surface area contributed by atoms with Gasteiger partial charge in [-0.15, -0.1) is 12.4 Å². The van der Waals surface area contributed by atoms with E-state index in [1.807, 2.05) is 6.92 Å². The number of hydrogen-bond acceptors (Lipinski definition) is 6. The molecule has 1 unspecified atom stereocenters. The molecule has 3 heterocycles. The molecule has 0 saturated carbocycles. The van der Waals surface area contributed by atoms with Crippen LogP contribution in [0.15, 0.2) is 41.8 Å². The molecule has 0 aliphatic carbocycles. The Bertz CT molecular complexity index is 1440. The number of halogens is 1. The van der Waals surface area contributed by atoms with Crippen molar-refractivity contribution in [3.8, 4) is 0 Å². The highest BCUT2D eigenvalue weighted by Crippen LogP contribution is 2.20. The first-order valence-corrected chi connectivity index (χ1v) is 11.9. The number of hydrogen-bond donors (Lipinski definition) is 5. The molecule has 1 atom stereocenters. The van der Waals surface area contributed by atoms with Gasteiger partial charge in [-0.3, -0.25) is 29.5 Å². The van der Waals surface area contributed by atoms with E-state index in [1.165, 1.54) is 34.5 Å². The third-order valence-electron chi connectivity index (χ3n) is 5.84. The number of aliphatic imine (C=N–C) groups is 1. The van der Waals surface area contributed by atoms with Crippen LogP contribution in [0.25, 0.3) is 0 Å². The van der Waals surface area contributed by atoms with Crippen molar-refractivity contribution in [3.05, 3.63) is 64.0 Å². The van der Waals surface area contributed by atoms with E-state index in [0.29, 0.717) is 29.6 Å². The van der Waals surface area contributed by atoms with E-state index in [4.69, 9.17) is 0 Å². The molecule has 3 aromatic heterocycles. The van der Waals surface area contributed by atoms with Crippen molar-refractivity contribution >= 4 is 53.2 Å². The molecule has 0 aromatic carbocycles. The maximum atomic E-state index is 12.9. The number of nitrogens with one attached hydrogen (secondary N) is 5. The van der Waals surface area contributed by atoms with Crippen molar-refractivity contribution in [2.45, 2.75) is 13.0 Å². The van der Waals surface area contributed by atoms with Crippen LogP contribution in [0.5, 0.6) is 0 Å². The molecule has 0 fully saturated rings. The largest absolute Gasteiger partial charge is 0.359 e. The normalized spacial score (nSPS) is 11.7. The average molecular weight is 577 g/mol. The predicted octanol–water partition coefficient (Wildman–Crippen LogP) is 1.45. The van der Waals surface area contributed by atoms with Gasteiger partial charge in [0.1, 0.15) is 17.1 Å². The summed E-state index contributed by atoms with van der Waals surface area (Å²) >= 11 is 0. The fourth-order valence-corrected chi connectivity index (χ4v) is 3.85. The van der Waals surface area contributed by atoms with Crippen LogP contribution in [0.1, 0.15) is 38.4 Å². The van der Waals surface area contributed by atoms with Gasteiger partial charge in [0.25, 0.3) is 23.4 Å². The summed E-state index contributed by atoms with van der Waals surface area (Å²) in [4.78, 5) is 52.7. The summed E-state index contributed by atoms with van der Waals surface area (Å²) in [6.07, 6.45) is 4.41. The Balaban J connectivity index is 0.00000560. The molecule has 0 aliphatic rings. The van der Waals surface area contributed by atoms with Crippen molar-refractivity contribution in [2.75, 3.05) is 31.3 Å². The van der Waals surface area contributed by atoms with Crippen molar-refractivity contribution in [3.63, 3.8) is 0 Å². The fraction of sp³-hybridized carbons (Fsp3) is 0.333. The number of amides is 3. The summed E-state index contributed by atoms with van der Waals surface area (Å²) < 4.78 is 4.48. The number of nitro groups is 1. The Morgan fingerprint density at radius 3 is 1.82 bits per heavy atom. The smallest absolute Gasteiger partial charge is 0.287 e. The minimum Gasteiger partial charge on any atom is -0.359 e. The first kappa shape index (κ1) is 31.4. The molecular formula is C24H33ClN10O5. The van der Waals surface area contributed by atoms with Gasteiger partial charge in [0, 0.05) is 66.3 Å². The lowest BCUT2D eigenvalue weighted by Gasteiger charge is -2.17. The predicted molar refractivity (Wildman–Crippen MR) is 153 cm³/mol. The van der Waals surface area contributed by atoms with E-state index < -0.39 is 16.7 Å². The molecule has 40 heavy (non-hydrogen) atoms. The molecule has 3 amide bonds. The van der Waals surface area contributed by atoms with Gasteiger partial charge in [0.05, 0.1) is 22.5 Å². The van der Waals surface area contributed by atoms with Gasteiger partial charge in [-0.25, -0.2) is 0 Å². The Hall–Kier alpha value is -4.79. The highest BCUT2D eigenvalue weighted by atomic mass is 35.5. The van der Waals surface area contributed by atoms with E-state index in [1.54, 1.807) is 51.2 Å². The summed E-state index contributed by atoms with van der Waals surface area (Å²) in [6, 6.07) is 4.13. The van der Waals surface area contributed by atoms with Crippen molar-refractivity contribution in [2.24, 2.45) is 26.1 Å². The first-order chi connectivity index (χ1) is 18.4. The molecule has 0 radical (unpaired) electrons. The SMILES string of the molecule is CN=C(NC)NC(C)CNC(=O)c1cc(NC(=O)c2cc(NC(=O)c3cc([N+](=O)[O-])cn3C)cn2C)cn1C.Cl. The number of anilines is 2. The van der Waals surface area contributed by atoms with Crippen LogP contribution in [0.4, 0.5) is 17.1 Å². The standard InChI is InChI=1S/C24H32N10O5.ClH/c1-14(28-24(25-2)26-3)10-27-21(35)18-7-15(11-31(18)4)29-22(36)19-8-16(12-32(19)5)30-23(37)20-9-17(34(38)39)13-33(20)6;/h7-9,11-14H,10H2,1-6H3,(H,27,35)(H,29,36)(H,30,37)(H2,25,26,28);1H. The maximum Gasteiger partial charge on any atom is 0.287 e. The van der Waals surface area contributed by atoms with E-state index >= 15 is 0 Å². The minimum absolute atomic E-state index is 0. The second kappa shape index (κ2) is 13.3. The van der Waals surface area contributed by atoms with Crippen molar-refractivity contribution in [1.29, 1.82) is 0 Å². The van der Waals surface area contributed by atoms with Gasteiger partial charge in [-0.2, -0.15) is 0 Å². The number of carbonyl (C=O) groups is 3.